The van der Waals surface area contributed by atoms with Crippen molar-refractivity contribution in [3.05, 3.63) is 180 Å². The van der Waals surface area contributed by atoms with Crippen LogP contribution < -0.4 is 40.4 Å². The van der Waals surface area contributed by atoms with E-state index in [-0.39, 0.29) is 54.8 Å². The highest BCUT2D eigenvalue weighted by atomic mass is 32.1. The maximum Gasteiger partial charge on any atom is 0.737 e. The van der Waals surface area contributed by atoms with Crippen LogP contribution in [0.3, 0.4) is 0 Å². The number of nitrogens with zero attached hydrogens (tertiary/aromatic N) is 9. The van der Waals surface area contributed by atoms with Gasteiger partial charge in [0.25, 0.3) is 5.91 Å². The number of rotatable bonds is 39. The monoisotopic (exact) mass is 1530 g/mol. The summed E-state index contributed by atoms with van der Waals surface area (Å²) in [5, 5.41) is 23.1. The van der Waals surface area contributed by atoms with Crippen LogP contribution in [0.2, 0.25) is 0 Å². The maximum atomic E-state index is 16.3. The average Bonchev–Trinajstić information content (AvgIpc) is 1.63. The normalized spacial score (nSPS) is 15.3. The fourth-order valence-electron chi connectivity index (χ4n) is 15.2. The predicted octanol–water partition coefficient (Wildman–Crippen LogP) is 14.8. The smallest absolute Gasteiger partial charge is 0.484 e. The molecule has 582 valence electrons. The van der Waals surface area contributed by atoms with Crippen LogP contribution in [0, 0.1) is 11.8 Å². The molecule has 4 aliphatic rings. The molecule has 111 heavy (non-hydrogen) atoms. The number of halogens is 2. The van der Waals surface area contributed by atoms with Gasteiger partial charge in [-0.15, -0.1) is 15.9 Å². The molecular weight excluding hydrogens is 1420 g/mol. The van der Waals surface area contributed by atoms with Gasteiger partial charge in [-0.25, -0.2) is 4.98 Å². The summed E-state index contributed by atoms with van der Waals surface area (Å²) in [5.74, 6) is -0.765. The number of benzene rings is 5. The second kappa shape index (κ2) is 39.4. The topological polar surface area (TPSA) is 228 Å². The average molecular weight is 1530 g/mol. The van der Waals surface area contributed by atoms with Gasteiger partial charge in [-0.2, -0.15) is 10.2 Å². The van der Waals surface area contributed by atoms with E-state index in [1.165, 1.54) is 11.3 Å². The Morgan fingerprint density at radius 2 is 1.39 bits per heavy atom. The summed E-state index contributed by atoms with van der Waals surface area (Å²) in [5.41, 5.74) is 10.7. The lowest BCUT2D eigenvalue weighted by atomic mass is 9.81. The Balaban J connectivity index is 0.556. The number of azo groups is 1. The first kappa shape index (κ1) is 80.0. The molecule has 2 fully saturated rings. The van der Waals surface area contributed by atoms with Gasteiger partial charge in [0.1, 0.15) is 16.8 Å². The third-order valence-corrected chi connectivity index (χ3v) is 22.2. The van der Waals surface area contributed by atoms with E-state index in [4.69, 9.17) is 14.5 Å². The van der Waals surface area contributed by atoms with Crippen molar-refractivity contribution in [2.75, 3.05) is 89.0 Å². The number of ether oxygens (including phenoxy) is 2. The standard InChI is InChI=1S/C86H102BF2N13O8S/c1-4-98(5-2)70-40-45-75-79(60-70)100(68-22-11-7-12-23-68)78-58-66(34-44-74(78)93-75)96-95-65-32-36-67(37-33-65)97(3)50-18-28-83(105)91-49-17-25-80(103)76(94-86(108)64(56-63-20-9-6-10-21-63)57-85(107)99-51-53-109-54-52-99)24-14-16-48-90-82(104)27-13-8-15-47-92-84(106)61-110-73-42-30-62(31-43-73)29-35-69-38-39-71-59-72-41-46-77(81-26-19-55-111-81)102(72)87(88,89)101(69)71/h7,11-12,19,22-23,26,29-46,55,58-60,63-64,76H,4-6,8-10,13-18,20-21,24-25,27-28,47-54,56-57,61H2,1-3H3,(H3-,90,91,92,94,104,105,106,108)/p+1/b35-29+/t64-,76+/m1/s1. The number of thiophene rings is 1. The van der Waals surface area contributed by atoms with E-state index in [2.05, 4.69) is 90.0 Å². The van der Waals surface area contributed by atoms with Crippen molar-refractivity contribution in [3.8, 4) is 22.0 Å². The summed E-state index contributed by atoms with van der Waals surface area (Å²) in [6.07, 6.45) is 19.9. The van der Waals surface area contributed by atoms with Crippen molar-refractivity contribution in [2.45, 2.75) is 135 Å². The number of morpholine rings is 1. The number of unbranched alkanes of at least 4 members (excludes halogenated alkanes) is 3. The number of para-hydroxylation sites is 1. The number of amides is 5. The Morgan fingerprint density at radius 3 is 2.13 bits per heavy atom. The molecule has 21 nitrogen and oxygen atoms in total. The zero-order chi connectivity index (χ0) is 77.5. The van der Waals surface area contributed by atoms with Crippen molar-refractivity contribution in [3.63, 3.8) is 0 Å². The van der Waals surface area contributed by atoms with Crippen molar-refractivity contribution < 1.29 is 55.9 Å². The van der Waals surface area contributed by atoms with Crippen molar-refractivity contribution in [1.82, 2.24) is 35.6 Å². The summed E-state index contributed by atoms with van der Waals surface area (Å²) >= 11 is 1.42. The van der Waals surface area contributed by atoms with E-state index in [9.17, 15) is 28.8 Å². The van der Waals surface area contributed by atoms with Crippen LogP contribution in [0.4, 0.5) is 31.4 Å². The van der Waals surface area contributed by atoms with Crippen LogP contribution in [0.25, 0.3) is 50.5 Å². The van der Waals surface area contributed by atoms with Crippen molar-refractivity contribution in [1.29, 1.82) is 0 Å². The second-order valence-corrected chi connectivity index (χ2v) is 30.1. The van der Waals surface area contributed by atoms with Crippen LogP contribution in [0.5, 0.6) is 5.75 Å². The molecule has 0 unspecified atom stereocenters. The lowest BCUT2D eigenvalue weighted by molar-refractivity contribution is -0.538. The molecule has 5 aromatic carbocycles. The predicted molar refractivity (Wildman–Crippen MR) is 436 cm³/mol. The summed E-state index contributed by atoms with van der Waals surface area (Å²) < 4.78 is 48.3. The number of Topliss-reactive ketones (excluding diaryl/α,β-unsaturated/α-hetero) is 1. The molecule has 1 saturated carbocycles. The Kier molecular flexibility index (Phi) is 28.4. The van der Waals surface area contributed by atoms with Gasteiger partial charge in [0.15, 0.2) is 23.8 Å². The molecule has 3 aliphatic heterocycles. The number of nitrogens with one attached hydrogen (secondary N) is 4. The Bertz CT molecular complexity index is 4690. The van der Waals surface area contributed by atoms with E-state index in [1.54, 1.807) is 71.7 Å². The molecule has 12 rings (SSSR count). The van der Waals surface area contributed by atoms with Crippen molar-refractivity contribution >= 4 is 116 Å². The lowest BCUT2D eigenvalue weighted by Crippen LogP contribution is -2.50. The SMILES string of the molecule is CCN(CC)c1ccc2nc3ccc(N=Nc4ccc(N(C)CCCC(=O)NCCCC(=O)[C@H](CCCCNC(=O)CCCCCNC(=O)COc5ccc(/C=C/C6=[N+]7C(=Cc8ccc(-c9cccs9)n8[B-]7(F)F)C=C6)cc5)NC(=O)[C@@H](CC(=O)N5CCOCC5)CC5CCCCC5)cc4)cc3[n+](-c3ccccc3)c2c1. The van der Waals surface area contributed by atoms with Gasteiger partial charge in [0.05, 0.1) is 30.6 Å². The Hall–Kier alpha value is -10.5. The van der Waals surface area contributed by atoms with Gasteiger partial charge in [0.2, 0.25) is 40.3 Å². The number of carbonyl (C=O) groups is 6. The molecule has 2 atom stereocenters. The first-order valence-corrected chi connectivity index (χ1v) is 40.5. The first-order chi connectivity index (χ1) is 54.1. The van der Waals surface area contributed by atoms with Gasteiger partial charge in [-0.3, -0.25) is 28.8 Å². The molecule has 1 aliphatic carbocycles. The molecule has 3 aromatic heterocycles. The molecule has 8 aromatic rings. The molecular formula is C86H103BF2N13O8S+. The fraction of sp³-hybridized carbons (Fsp3) is 0.407. The molecule has 5 amide bonds. The summed E-state index contributed by atoms with van der Waals surface area (Å²) in [4.78, 5) is 93.1. The van der Waals surface area contributed by atoms with E-state index in [0.717, 1.165) is 110 Å². The van der Waals surface area contributed by atoms with E-state index < -0.39 is 18.9 Å². The third kappa shape index (κ3) is 21.5. The van der Waals surface area contributed by atoms with Crippen molar-refractivity contribution in [2.24, 2.45) is 22.1 Å². The molecule has 6 heterocycles. The highest BCUT2D eigenvalue weighted by Crippen LogP contribution is 2.38. The highest BCUT2D eigenvalue weighted by Gasteiger charge is 2.52. The van der Waals surface area contributed by atoms with E-state index >= 15 is 8.63 Å². The number of aromatic nitrogens is 3. The van der Waals surface area contributed by atoms with E-state index in [1.807, 2.05) is 85.2 Å². The molecule has 0 spiro atoms. The van der Waals surface area contributed by atoms with Crippen LogP contribution >= 0.6 is 11.3 Å². The number of anilines is 2. The molecule has 4 N–H and O–H groups in total. The summed E-state index contributed by atoms with van der Waals surface area (Å²) in [6.45, 7) is 5.38. The van der Waals surface area contributed by atoms with Crippen LogP contribution in [0.15, 0.2) is 179 Å². The van der Waals surface area contributed by atoms with Crippen LogP contribution in [-0.4, -0.2) is 152 Å². The summed E-state index contributed by atoms with van der Waals surface area (Å²) in [7, 11) is 1.99. The minimum atomic E-state index is -4.16. The maximum absolute atomic E-state index is 16.3. The lowest BCUT2D eigenvalue weighted by Gasteiger charge is -2.31. The largest absolute Gasteiger partial charge is 0.737 e. The minimum absolute atomic E-state index is 0.0699. The summed E-state index contributed by atoms with van der Waals surface area (Å²) in [6, 6.07) is 43.9. The third-order valence-electron chi connectivity index (χ3n) is 21.3. The van der Waals surface area contributed by atoms with E-state index in [0.29, 0.717) is 163 Å². The number of hydrogen-bond acceptors (Lipinski definition) is 14. The highest BCUT2D eigenvalue weighted by molar-refractivity contribution is 7.13. The molecule has 0 radical (unpaired) electrons. The first-order valence-electron chi connectivity index (χ1n) is 39.6. The molecule has 1 saturated heterocycles. The van der Waals surface area contributed by atoms with Gasteiger partial charge in [-0.05, 0) is 167 Å². The zero-order valence-corrected chi connectivity index (χ0v) is 64.8. The number of carbonyl (C=O) groups excluding carboxylic acids is 6. The quantitative estimate of drug-likeness (QED) is 0.00931. The fourth-order valence-corrected chi connectivity index (χ4v) is 16.0. The van der Waals surface area contributed by atoms with Gasteiger partial charge >= 0.3 is 6.97 Å². The van der Waals surface area contributed by atoms with Crippen LogP contribution in [0.1, 0.15) is 141 Å². The molecule has 25 heteroatoms. The van der Waals surface area contributed by atoms with Gasteiger partial charge in [-0.1, -0.05) is 74.9 Å². The van der Waals surface area contributed by atoms with Gasteiger partial charge < -0.3 is 63.0 Å². The minimum Gasteiger partial charge on any atom is -0.484 e. The number of fused-ring (bicyclic) bond motifs is 4. The zero-order valence-electron chi connectivity index (χ0n) is 64.0. The Morgan fingerprint density at radius 1 is 0.703 bits per heavy atom. The van der Waals surface area contributed by atoms with Crippen LogP contribution in [-0.2, 0) is 33.5 Å². The Labute approximate surface area is 653 Å². The number of ketones is 1. The van der Waals surface area contributed by atoms with Gasteiger partial charge in [0, 0.05) is 167 Å². The number of hydrogen-bond donors (Lipinski definition) is 4. The number of allylic oxidation sites excluding steroid dienone is 3. The second-order valence-electron chi connectivity index (χ2n) is 29.1. The molecule has 0 bridgehead atoms.